The van der Waals surface area contributed by atoms with Crippen molar-refractivity contribution >= 4 is 43.2 Å². The van der Waals surface area contributed by atoms with Gasteiger partial charge in [-0.05, 0) is 55.8 Å². The van der Waals surface area contributed by atoms with Crippen molar-refractivity contribution in [3.05, 3.63) is 82.1 Å². The van der Waals surface area contributed by atoms with Gasteiger partial charge in [-0.15, -0.1) is 0 Å². The molecule has 144 valence electrons. The highest BCUT2D eigenvalue weighted by Crippen LogP contribution is 2.20. The molecule has 3 rings (SSSR count). The van der Waals surface area contributed by atoms with Crippen LogP contribution in [0, 0.1) is 13.8 Å². The number of anilines is 2. The Balaban J connectivity index is 1.79. The Morgan fingerprint density at radius 3 is 2.39 bits per heavy atom. The molecule has 0 saturated heterocycles. The van der Waals surface area contributed by atoms with Crippen molar-refractivity contribution in [1.29, 1.82) is 0 Å². The van der Waals surface area contributed by atoms with E-state index in [4.69, 9.17) is 0 Å². The molecular formula is C20H18BrN3O3S. The van der Waals surface area contributed by atoms with E-state index < -0.39 is 10.0 Å². The van der Waals surface area contributed by atoms with Gasteiger partial charge in [0, 0.05) is 16.4 Å². The fraction of sp³-hybridized carbons (Fsp3) is 0.100. The molecule has 3 aromatic rings. The standard InChI is InChI=1S/C20H18BrN3O3S/c1-13-3-8-19(14(2)9-13)23-20(25)15-10-17(12-22-11-15)24-28(26,27)18-6-4-16(21)5-7-18/h3-12,24H,1-2H3,(H,23,25). The predicted molar refractivity (Wildman–Crippen MR) is 113 cm³/mol. The number of halogens is 1. The number of pyridine rings is 1. The zero-order chi connectivity index (χ0) is 20.3. The van der Waals surface area contributed by atoms with E-state index in [0.29, 0.717) is 5.69 Å². The van der Waals surface area contributed by atoms with E-state index in [1.54, 1.807) is 12.1 Å². The van der Waals surface area contributed by atoms with Crippen LogP contribution < -0.4 is 10.0 Å². The lowest BCUT2D eigenvalue weighted by Crippen LogP contribution is -2.16. The van der Waals surface area contributed by atoms with Gasteiger partial charge in [-0.2, -0.15) is 0 Å². The zero-order valence-electron chi connectivity index (χ0n) is 15.2. The van der Waals surface area contributed by atoms with Crippen molar-refractivity contribution < 1.29 is 13.2 Å². The van der Waals surface area contributed by atoms with Crippen molar-refractivity contribution in [2.75, 3.05) is 10.0 Å². The normalized spacial score (nSPS) is 11.1. The second kappa shape index (κ2) is 8.12. The maximum Gasteiger partial charge on any atom is 0.261 e. The van der Waals surface area contributed by atoms with Crippen molar-refractivity contribution in [2.24, 2.45) is 0 Å². The number of hydrogen-bond donors (Lipinski definition) is 2. The zero-order valence-corrected chi connectivity index (χ0v) is 17.6. The van der Waals surface area contributed by atoms with Crippen LogP contribution in [0.5, 0.6) is 0 Å². The minimum Gasteiger partial charge on any atom is -0.322 e. The number of sulfonamides is 1. The summed E-state index contributed by atoms with van der Waals surface area (Å²) in [7, 11) is -3.79. The molecule has 1 heterocycles. The number of benzene rings is 2. The predicted octanol–water partition coefficient (Wildman–Crippen LogP) is 4.51. The molecule has 0 bridgehead atoms. The van der Waals surface area contributed by atoms with Crippen LogP contribution >= 0.6 is 15.9 Å². The van der Waals surface area contributed by atoms with Crippen LogP contribution in [0.3, 0.4) is 0 Å². The van der Waals surface area contributed by atoms with Gasteiger partial charge >= 0.3 is 0 Å². The van der Waals surface area contributed by atoms with Gasteiger partial charge in [0.25, 0.3) is 15.9 Å². The van der Waals surface area contributed by atoms with Gasteiger partial charge in [-0.25, -0.2) is 8.42 Å². The van der Waals surface area contributed by atoms with Crippen LogP contribution in [0.25, 0.3) is 0 Å². The molecular weight excluding hydrogens is 442 g/mol. The second-order valence-electron chi connectivity index (χ2n) is 6.29. The van der Waals surface area contributed by atoms with Gasteiger partial charge in [-0.3, -0.25) is 14.5 Å². The number of amides is 1. The third-order valence-electron chi connectivity index (χ3n) is 4.01. The van der Waals surface area contributed by atoms with Crippen molar-refractivity contribution in [1.82, 2.24) is 4.98 Å². The molecule has 1 amide bonds. The third kappa shape index (κ3) is 4.76. The second-order valence-corrected chi connectivity index (χ2v) is 8.89. The Labute approximate surface area is 172 Å². The highest BCUT2D eigenvalue weighted by molar-refractivity contribution is 9.10. The SMILES string of the molecule is Cc1ccc(NC(=O)c2cncc(NS(=O)(=O)c3ccc(Br)cc3)c2)c(C)c1. The number of carbonyl (C=O) groups excluding carboxylic acids is 1. The highest BCUT2D eigenvalue weighted by atomic mass is 79.9. The number of rotatable bonds is 5. The molecule has 0 fully saturated rings. The van der Waals surface area contributed by atoms with Crippen molar-refractivity contribution in [3.63, 3.8) is 0 Å². The molecule has 0 aliphatic heterocycles. The highest BCUT2D eigenvalue weighted by Gasteiger charge is 2.16. The molecule has 2 aromatic carbocycles. The Morgan fingerprint density at radius 1 is 1.00 bits per heavy atom. The molecule has 0 unspecified atom stereocenters. The number of aryl methyl sites for hydroxylation is 2. The van der Waals surface area contributed by atoms with Crippen LogP contribution in [0.4, 0.5) is 11.4 Å². The fourth-order valence-electron chi connectivity index (χ4n) is 2.60. The molecule has 0 atom stereocenters. The van der Waals surface area contributed by atoms with E-state index in [2.05, 4.69) is 31.0 Å². The Kier molecular flexibility index (Phi) is 5.81. The van der Waals surface area contributed by atoms with E-state index in [9.17, 15) is 13.2 Å². The van der Waals surface area contributed by atoms with Crippen LogP contribution in [0.1, 0.15) is 21.5 Å². The van der Waals surface area contributed by atoms with Gasteiger partial charge in [0.1, 0.15) is 0 Å². The quantitative estimate of drug-likeness (QED) is 0.587. The molecule has 0 aliphatic carbocycles. The lowest BCUT2D eigenvalue weighted by atomic mass is 10.1. The first-order valence-corrected chi connectivity index (χ1v) is 10.6. The minimum absolute atomic E-state index is 0.112. The number of nitrogens with zero attached hydrogens (tertiary/aromatic N) is 1. The van der Waals surface area contributed by atoms with Gasteiger partial charge in [-0.1, -0.05) is 33.6 Å². The maximum absolute atomic E-state index is 12.5. The van der Waals surface area contributed by atoms with E-state index in [-0.39, 0.29) is 22.1 Å². The average Bonchev–Trinajstić information content (AvgIpc) is 2.64. The number of nitrogens with one attached hydrogen (secondary N) is 2. The topological polar surface area (TPSA) is 88.2 Å². The molecule has 6 nitrogen and oxygen atoms in total. The first kappa shape index (κ1) is 20.0. The molecule has 0 saturated carbocycles. The first-order chi connectivity index (χ1) is 13.2. The number of aromatic nitrogens is 1. The van der Waals surface area contributed by atoms with E-state index in [1.165, 1.54) is 30.6 Å². The smallest absolute Gasteiger partial charge is 0.261 e. The molecule has 0 aliphatic rings. The molecule has 2 N–H and O–H groups in total. The summed E-state index contributed by atoms with van der Waals surface area (Å²) in [6, 6.07) is 13.4. The summed E-state index contributed by atoms with van der Waals surface area (Å²) in [6.07, 6.45) is 2.74. The summed E-state index contributed by atoms with van der Waals surface area (Å²) in [6.45, 7) is 3.88. The molecule has 0 spiro atoms. The molecule has 28 heavy (non-hydrogen) atoms. The van der Waals surface area contributed by atoms with Gasteiger partial charge in [0.05, 0.1) is 22.3 Å². The number of carbonyl (C=O) groups is 1. The lowest BCUT2D eigenvalue weighted by Gasteiger charge is -2.11. The van der Waals surface area contributed by atoms with Gasteiger partial charge < -0.3 is 5.32 Å². The van der Waals surface area contributed by atoms with E-state index in [0.717, 1.165) is 15.6 Å². The molecule has 0 radical (unpaired) electrons. The van der Waals surface area contributed by atoms with Crippen molar-refractivity contribution in [3.8, 4) is 0 Å². The lowest BCUT2D eigenvalue weighted by molar-refractivity contribution is 0.102. The van der Waals surface area contributed by atoms with Crippen LogP contribution in [0.15, 0.2) is 70.3 Å². The first-order valence-electron chi connectivity index (χ1n) is 8.37. The van der Waals surface area contributed by atoms with Crippen LogP contribution in [0.2, 0.25) is 0 Å². The summed E-state index contributed by atoms with van der Waals surface area (Å²) < 4.78 is 28.2. The summed E-state index contributed by atoms with van der Waals surface area (Å²) in [5.74, 6) is -0.371. The fourth-order valence-corrected chi connectivity index (χ4v) is 3.89. The monoisotopic (exact) mass is 459 g/mol. The van der Waals surface area contributed by atoms with Crippen LogP contribution in [-0.4, -0.2) is 19.3 Å². The Hall–Kier alpha value is -2.71. The maximum atomic E-state index is 12.5. The molecule has 1 aromatic heterocycles. The summed E-state index contributed by atoms with van der Waals surface area (Å²) >= 11 is 3.27. The third-order valence-corrected chi connectivity index (χ3v) is 5.93. The summed E-state index contributed by atoms with van der Waals surface area (Å²) in [5.41, 5.74) is 3.18. The van der Waals surface area contributed by atoms with E-state index in [1.807, 2.05) is 32.0 Å². The molecule has 8 heteroatoms. The average molecular weight is 460 g/mol. The summed E-state index contributed by atoms with van der Waals surface area (Å²) in [4.78, 5) is 16.6. The Morgan fingerprint density at radius 2 is 1.71 bits per heavy atom. The largest absolute Gasteiger partial charge is 0.322 e. The Bertz CT molecular complexity index is 1130. The van der Waals surface area contributed by atoms with Gasteiger partial charge in [0.2, 0.25) is 0 Å². The minimum atomic E-state index is -3.79. The van der Waals surface area contributed by atoms with E-state index >= 15 is 0 Å². The summed E-state index contributed by atoms with van der Waals surface area (Å²) in [5, 5.41) is 2.82. The van der Waals surface area contributed by atoms with Gasteiger partial charge in [0.15, 0.2) is 0 Å². The number of hydrogen-bond acceptors (Lipinski definition) is 4. The van der Waals surface area contributed by atoms with Crippen LogP contribution in [-0.2, 0) is 10.0 Å². The van der Waals surface area contributed by atoms with Crippen molar-refractivity contribution in [2.45, 2.75) is 18.7 Å².